The Morgan fingerprint density at radius 2 is 2.22 bits per heavy atom. The molecule has 0 aliphatic carbocycles. The summed E-state index contributed by atoms with van der Waals surface area (Å²) in [5.41, 5.74) is 3.30. The molecule has 0 aromatic heterocycles. The van der Waals surface area contributed by atoms with Crippen molar-refractivity contribution < 1.29 is 9.72 Å². The van der Waals surface area contributed by atoms with Gasteiger partial charge in [-0.15, -0.1) is 0 Å². The highest BCUT2D eigenvalue weighted by molar-refractivity contribution is 5.95. The lowest BCUT2D eigenvalue weighted by Gasteiger charge is -2.01. The van der Waals surface area contributed by atoms with Crippen LogP contribution in [0.25, 0.3) is 0 Å². The van der Waals surface area contributed by atoms with Gasteiger partial charge in [-0.25, -0.2) is 5.43 Å². The van der Waals surface area contributed by atoms with Crippen molar-refractivity contribution in [2.75, 3.05) is 0 Å². The molecule has 0 unspecified atom stereocenters. The van der Waals surface area contributed by atoms with Crippen LogP contribution < -0.4 is 5.43 Å². The van der Waals surface area contributed by atoms with Crippen molar-refractivity contribution in [1.82, 2.24) is 5.43 Å². The molecule has 0 aliphatic rings. The Morgan fingerprint density at radius 1 is 1.50 bits per heavy atom. The normalized spacial score (nSPS) is 11.1. The van der Waals surface area contributed by atoms with Crippen molar-refractivity contribution in [3.05, 3.63) is 39.9 Å². The zero-order valence-corrected chi connectivity index (χ0v) is 10.3. The van der Waals surface area contributed by atoms with E-state index in [-0.39, 0.29) is 11.3 Å². The predicted octanol–water partition coefficient (Wildman–Crippen LogP) is 2.50. The Kier molecular flexibility index (Phi) is 4.98. The Balaban J connectivity index is 2.76. The third-order valence-electron chi connectivity index (χ3n) is 2.28. The third kappa shape index (κ3) is 3.97. The van der Waals surface area contributed by atoms with E-state index in [4.69, 9.17) is 0 Å². The van der Waals surface area contributed by atoms with E-state index in [1.54, 1.807) is 0 Å². The van der Waals surface area contributed by atoms with Crippen LogP contribution in [0.1, 0.15) is 37.0 Å². The van der Waals surface area contributed by atoms with Crippen molar-refractivity contribution in [3.8, 4) is 0 Å². The molecule has 0 radical (unpaired) electrons. The first kappa shape index (κ1) is 13.8. The number of rotatable bonds is 5. The number of nitrogens with zero attached hydrogens (tertiary/aromatic N) is 2. The lowest BCUT2D eigenvalue weighted by atomic mass is 10.2. The monoisotopic (exact) mass is 249 g/mol. The average molecular weight is 249 g/mol. The van der Waals surface area contributed by atoms with Crippen molar-refractivity contribution in [1.29, 1.82) is 0 Å². The van der Waals surface area contributed by atoms with Gasteiger partial charge in [-0.1, -0.05) is 19.4 Å². The fourth-order valence-electron chi connectivity index (χ4n) is 1.39. The standard InChI is InChI=1S/C12H15N3O3/c1-3-5-9(2)13-14-12(16)10-6-4-7-11(8-10)15(17)18/h4,6-8H,3,5H2,1-2H3,(H,14,16). The summed E-state index contributed by atoms with van der Waals surface area (Å²) < 4.78 is 0. The number of carbonyl (C=O) groups is 1. The highest BCUT2D eigenvalue weighted by Crippen LogP contribution is 2.12. The molecular formula is C12H15N3O3. The fraction of sp³-hybridized carbons (Fsp3) is 0.333. The molecule has 0 saturated heterocycles. The Labute approximate surface area is 105 Å². The SMILES string of the molecule is CCCC(C)=NNC(=O)c1cccc([N+](=O)[O-])c1. The molecule has 6 heteroatoms. The number of hydrazone groups is 1. The molecule has 1 rings (SSSR count). The van der Waals surface area contributed by atoms with Crippen LogP contribution in [0, 0.1) is 10.1 Å². The highest BCUT2D eigenvalue weighted by atomic mass is 16.6. The van der Waals surface area contributed by atoms with Gasteiger partial charge < -0.3 is 0 Å². The molecule has 0 saturated carbocycles. The number of amides is 1. The second-order valence-corrected chi connectivity index (χ2v) is 3.85. The summed E-state index contributed by atoms with van der Waals surface area (Å²) in [7, 11) is 0. The predicted molar refractivity (Wildman–Crippen MR) is 68.6 cm³/mol. The Bertz CT molecular complexity index is 483. The molecule has 1 N–H and O–H groups in total. The first-order valence-corrected chi connectivity index (χ1v) is 5.62. The number of nitro groups is 1. The molecule has 18 heavy (non-hydrogen) atoms. The summed E-state index contributed by atoms with van der Waals surface area (Å²) in [6.07, 6.45) is 1.75. The number of benzene rings is 1. The number of non-ortho nitro benzene ring substituents is 1. The van der Waals surface area contributed by atoms with Crippen LogP contribution in [0.5, 0.6) is 0 Å². The number of hydrogen-bond donors (Lipinski definition) is 1. The molecule has 0 aliphatic heterocycles. The molecule has 6 nitrogen and oxygen atoms in total. The molecule has 0 spiro atoms. The van der Waals surface area contributed by atoms with Gasteiger partial charge in [0.15, 0.2) is 0 Å². The van der Waals surface area contributed by atoms with E-state index in [1.807, 2.05) is 13.8 Å². The Hall–Kier alpha value is -2.24. The first-order valence-electron chi connectivity index (χ1n) is 5.62. The fourth-order valence-corrected chi connectivity index (χ4v) is 1.39. The minimum absolute atomic E-state index is 0.114. The van der Waals surface area contributed by atoms with Crippen LogP contribution in [0.15, 0.2) is 29.4 Å². The number of nitro benzene ring substituents is 1. The number of hydrogen-bond acceptors (Lipinski definition) is 4. The van der Waals surface area contributed by atoms with Crippen LogP contribution in [-0.4, -0.2) is 16.5 Å². The minimum Gasteiger partial charge on any atom is -0.267 e. The minimum atomic E-state index is -0.539. The molecule has 0 fully saturated rings. The van der Waals surface area contributed by atoms with Crippen molar-refractivity contribution in [3.63, 3.8) is 0 Å². The molecule has 1 aromatic carbocycles. The van der Waals surface area contributed by atoms with Crippen molar-refractivity contribution >= 4 is 17.3 Å². The summed E-state index contributed by atoms with van der Waals surface area (Å²) in [5, 5.41) is 14.5. The maximum atomic E-state index is 11.7. The van der Waals surface area contributed by atoms with E-state index in [0.29, 0.717) is 0 Å². The second-order valence-electron chi connectivity index (χ2n) is 3.85. The number of carbonyl (C=O) groups excluding carboxylic acids is 1. The largest absolute Gasteiger partial charge is 0.271 e. The molecule has 1 amide bonds. The van der Waals surface area contributed by atoms with Crippen LogP contribution >= 0.6 is 0 Å². The quantitative estimate of drug-likeness (QED) is 0.494. The first-order chi connectivity index (χ1) is 8.54. The lowest BCUT2D eigenvalue weighted by Crippen LogP contribution is -2.19. The van der Waals surface area contributed by atoms with E-state index in [0.717, 1.165) is 18.6 Å². The zero-order valence-electron chi connectivity index (χ0n) is 10.3. The van der Waals surface area contributed by atoms with E-state index in [2.05, 4.69) is 10.5 Å². The topological polar surface area (TPSA) is 84.6 Å². The smallest absolute Gasteiger partial charge is 0.267 e. The van der Waals surface area contributed by atoms with Gasteiger partial charge in [-0.2, -0.15) is 5.10 Å². The molecular weight excluding hydrogens is 234 g/mol. The second kappa shape index (κ2) is 6.48. The summed E-state index contributed by atoms with van der Waals surface area (Å²) in [4.78, 5) is 21.7. The highest BCUT2D eigenvalue weighted by Gasteiger charge is 2.10. The van der Waals surface area contributed by atoms with Gasteiger partial charge >= 0.3 is 0 Å². The number of nitrogens with one attached hydrogen (secondary N) is 1. The van der Waals surface area contributed by atoms with Gasteiger partial charge in [0.2, 0.25) is 0 Å². The third-order valence-corrected chi connectivity index (χ3v) is 2.28. The summed E-state index contributed by atoms with van der Waals surface area (Å²) in [6.45, 7) is 3.83. The summed E-state index contributed by atoms with van der Waals surface area (Å²) >= 11 is 0. The molecule has 1 aromatic rings. The molecule has 96 valence electrons. The molecule has 0 atom stereocenters. The van der Waals surface area contributed by atoms with Crippen LogP contribution in [0.2, 0.25) is 0 Å². The molecule has 0 heterocycles. The van der Waals surface area contributed by atoms with Gasteiger partial charge in [0.1, 0.15) is 0 Å². The maximum absolute atomic E-state index is 11.7. The van der Waals surface area contributed by atoms with Gasteiger partial charge in [-0.3, -0.25) is 14.9 Å². The van der Waals surface area contributed by atoms with Crippen molar-refractivity contribution in [2.45, 2.75) is 26.7 Å². The van der Waals surface area contributed by atoms with Crippen LogP contribution in [-0.2, 0) is 0 Å². The zero-order chi connectivity index (χ0) is 13.5. The van der Waals surface area contributed by atoms with Gasteiger partial charge in [0, 0.05) is 23.4 Å². The summed E-state index contributed by atoms with van der Waals surface area (Å²) in [6, 6.07) is 5.53. The van der Waals surface area contributed by atoms with Gasteiger partial charge in [-0.05, 0) is 19.4 Å². The van der Waals surface area contributed by atoms with E-state index >= 15 is 0 Å². The van der Waals surface area contributed by atoms with E-state index in [1.165, 1.54) is 24.3 Å². The van der Waals surface area contributed by atoms with Crippen LogP contribution in [0.4, 0.5) is 5.69 Å². The molecule has 0 bridgehead atoms. The van der Waals surface area contributed by atoms with E-state index in [9.17, 15) is 14.9 Å². The Morgan fingerprint density at radius 3 is 2.83 bits per heavy atom. The van der Waals surface area contributed by atoms with Gasteiger partial charge in [0.05, 0.1) is 4.92 Å². The van der Waals surface area contributed by atoms with E-state index < -0.39 is 10.8 Å². The van der Waals surface area contributed by atoms with Crippen molar-refractivity contribution in [2.24, 2.45) is 5.10 Å². The maximum Gasteiger partial charge on any atom is 0.271 e. The lowest BCUT2D eigenvalue weighted by molar-refractivity contribution is -0.384. The van der Waals surface area contributed by atoms with Gasteiger partial charge in [0.25, 0.3) is 11.6 Å². The summed E-state index contributed by atoms with van der Waals surface area (Å²) in [5.74, 6) is -0.450. The van der Waals surface area contributed by atoms with Crippen LogP contribution in [0.3, 0.4) is 0 Å². The average Bonchev–Trinajstić information content (AvgIpc) is 2.36.